The zero-order valence-corrected chi connectivity index (χ0v) is 18.8. The van der Waals surface area contributed by atoms with E-state index < -0.39 is 11.4 Å². The van der Waals surface area contributed by atoms with Crippen molar-refractivity contribution in [3.05, 3.63) is 17.2 Å². The van der Waals surface area contributed by atoms with Gasteiger partial charge in [-0.25, -0.2) is 0 Å². The molecule has 4 rings (SSSR count). The van der Waals surface area contributed by atoms with Gasteiger partial charge in [-0.15, -0.1) is 0 Å². The molecule has 1 aromatic rings. The van der Waals surface area contributed by atoms with E-state index in [1.807, 2.05) is 6.07 Å². The molecule has 7 nitrogen and oxygen atoms in total. The fraction of sp³-hybridized carbons (Fsp3) is 0.600. The molecule has 0 N–H and O–H groups in total. The molecule has 1 aromatic carbocycles. The molecular weight excluding hydrogens is 477 g/mol. The Hall–Kier alpha value is -1.55. The van der Waals surface area contributed by atoms with Crippen LogP contribution < -0.4 is 38.2 Å². The topological polar surface area (TPSA) is 71.1 Å². The number of cyclic esters (lactones) is 1. The number of fused-ring (bicyclic) bond motifs is 2. The smallest absolute Gasteiger partial charge is 0.319 e. The number of benzene rings is 1. The average molecular weight is 503 g/mol. The van der Waals surface area contributed by atoms with Crippen LogP contribution in [-0.4, -0.2) is 57.4 Å². The Balaban J connectivity index is 0.00000225. The van der Waals surface area contributed by atoms with Crippen molar-refractivity contribution < 1.29 is 57.0 Å². The fourth-order valence-electron chi connectivity index (χ4n) is 4.38. The normalized spacial score (nSPS) is 26.9. The summed E-state index contributed by atoms with van der Waals surface area (Å²) in [6.07, 6.45) is 1.55. The molecule has 0 bridgehead atoms. The summed E-state index contributed by atoms with van der Waals surface area (Å²) in [5, 5.41) is 0. The van der Waals surface area contributed by atoms with Crippen LogP contribution in [0.5, 0.6) is 17.2 Å². The Bertz CT molecular complexity index is 823. The third kappa shape index (κ3) is 3.14. The fourth-order valence-corrected chi connectivity index (χ4v) is 4.38. The molecule has 154 valence electrons. The van der Waals surface area contributed by atoms with E-state index in [2.05, 4.69) is 14.1 Å². The molecule has 1 saturated heterocycles. The number of ketones is 1. The second-order valence-corrected chi connectivity index (χ2v) is 8.33. The van der Waals surface area contributed by atoms with Crippen molar-refractivity contribution in [1.29, 1.82) is 0 Å². The van der Waals surface area contributed by atoms with Crippen LogP contribution in [0.1, 0.15) is 36.9 Å². The second-order valence-electron chi connectivity index (χ2n) is 8.33. The SMILES string of the molecule is COc1c2c(cc3c1C(CC(=O)C1(C)CCOC1=O)[N+](C)(C)CC3)OCO2.[I-]. The summed E-state index contributed by atoms with van der Waals surface area (Å²) in [6, 6.07) is 1.87. The highest BCUT2D eigenvalue weighted by Gasteiger charge is 2.50. The molecule has 3 aliphatic rings. The van der Waals surface area contributed by atoms with Gasteiger partial charge in [-0.1, -0.05) is 0 Å². The molecule has 2 atom stereocenters. The highest BCUT2D eigenvalue weighted by atomic mass is 127. The number of Topliss-reactive ketones (excluding diaryl/α,β-unsaturated/α-hetero) is 1. The number of nitrogens with zero attached hydrogens (tertiary/aromatic N) is 1. The van der Waals surface area contributed by atoms with Crippen molar-refractivity contribution in [2.75, 3.05) is 41.1 Å². The highest BCUT2D eigenvalue weighted by Crippen LogP contribution is 2.52. The zero-order chi connectivity index (χ0) is 19.4. The van der Waals surface area contributed by atoms with Crippen molar-refractivity contribution in [2.24, 2.45) is 5.41 Å². The second kappa shape index (κ2) is 7.37. The van der Waals surface area contributed by atoms with Gasteiger partial charge in [0, 0.05) is 12.8 Å². The third-order valence-electron chi connectivity index (χ3n) is 6.36. The maximum Gasteiger partial charge on any atom is 0.319 e. The van der Waals surface area contributed by atoms with E-state index in [0.29, 0.717) is 34.8 Å². The van der Waals surface area contributed by atoms with Crippen molar-refractivity contribution in [2.45, 2.75) is 32.2 Å². The van der Waals surface area contributed by atoms with E-state index in [1.54, 1.807) is 14.0 Å². The molecule has 8 heteroatoms. The van der Waals surface area contributed by atoms with Gasteiger partial charge >= 0.3 is 5.97 Å². The number of rotatable bonds is 4. The minimum atomic E-state index is -1.05. The maximum absolute atomic E-state index is 13.2. The Morgan fingerprint density at radius 2 is 2.07 bits per heavy atom. The number of methoxy groups -OCH3 is 1. The zero-order valence-electron chi connectivity index (χ0n) is 16.7. The highest BCUT2D eigenvalue weighted by molar-refractivity contribution is 6.04. The Labute approximate surface area is 181 Å². The molecular formula is C20H26INO6. The summed E-state index contributed by atoms with van der Waals surface area (Å²) in [5.41, 5.74) is 1.05. The first-order valence-corrected chi connectivity index (χ1v) is 9.30. The Morgan fingerprint density at radius 3 is 2.71 bits per heavy atom. The lowest BCUT2D eigenvalue weighted by atomic mass is 9.78. The van der Waals surface area contributed by atoms with E-state index in [-0.39, 0.29) is 49.0 Å². The number of carbonyl (C=O) groups excluding carboxylic acids is 2. The Morgan fingerprint density at radius 1 is 1.32 bits per heavy atom. The van der Waals surface area contributed by atoms with Crippen LogP contribution in [0.2, 0.25) is 0 Å². The lowest BCUT2D eigenvalue weighted by Gasteiger charge is -2.43. The van der Waals surface area contributed by atoms with Gasteiger partial charge in [0.2, 0.25) is 12.5 Å². The standard InChI is InChI=1S/C20H26NO6.HI/c1-20(6-8-25-19(20)23)15(22)10-13-16-12(5-7-21(13,2)3)9-14-17(18(16)24-4)27-11-26-14;/h9,13H,5-8,10-11H2,1-4H3;1H/q+1;/p-1. The van der Waals surface area contributed by atoms with Gasteiger partial charge in [-0.05, 0) is 18.6 Å². The molecule has 0 radical (unpaired) electrons. The third-order valence-corrected chi connectivity index (χ3v) is 6.36. The van der Waals surface area contributed by atoms with Crippen LogP contribution in [0.4, 0.5) is 0 Å². The van der Waals surface area contributed by atoms with Crippen molar-refractivity contribution in [3.8, 4) is 17.2 Å². The van der Waals surface area contributed by atoms with E-state index in [9.17, 15) is 9.59 Å². The van der Waals surface area contributed by atoms with Gasteiger partial charge in [0.25, 0.3) is 0 Å². The summed E-state index contributed by atoms with van der Waals surface area (Å²) < 4.78 is 22.6. The minimum Gasteiger partial charge on any atom is -1.00 e. The summed E-state index contributed by atoms with van der Waals surface area (Å²) in [5.74, 6) is 1.44. The average Bonchev–Trinajstić information content (AvgIpc) is 3.23. The predicted octanol–water partition coefficient (Wildman–Crippen LogP) is -0.986. The molecule has 3 heterocycles. The summed E-state index contributed by atoms with van der Waals surface area (Å²) in [4.78, 5) is 25.3. The van der Waals surface area contributed by atoms with Crippen LogP contribution in [0.15, 0.2) is 6.07 Å². The summed E-state index contributed by atoms with van der Waals surface area (Å²) in [6.45, 7) is 3.06. The predicted molar refractivity (Wildman–Crippen MR) is 95.8 cm³/mol. The number of esters is 1. The quantitative estimate of drug-likeness (QED) is 0.228. The molecule has 2 unspecified atom stereocenters. The first-order valence-electron chi connectivity index (χ1n) is 9.30. The van der Waals surface area contributed by atoms with Crippen molar-refractivity contribution >= 4 is 11.8 Å². The van der Waals surface area contributed by atoms with Crippen LogP contribution in [0, 0.1) is 5.41 Å². The Kier molecular flexibility index (Phi) is 5.57. The molecule has 0 aliphatic carbocycles. The molecule has 0 amide bonds. The molecule has 0 saturated carbocycles. The van der Waals surface area contributed by atoms with Gasteiger partial charge in [0.1, 0.15) is 11.5 Å². The van der Waals surface area contributed by atoms with Crippen LogP contribution >= 0.6 is 0 Å². The number of ether oxygens (including phenoxy) is 4. The number of hydrogen-bond donors (Lipinski definition) is 0. The van der Waals surface area contributed by atoms with Crippen LogP contribution in [0.3, 0.4) is 0 Å². The maximum atomic E-state index is 13.2. The lowest BCUT2D eigenvalue weighted by Crippen LogP contribution is -3.00. The molecule has 28 heavy (non-hydrogen) atoms. The van der Waals surface area contributed by atoms with Gasteiger partial charge in [-0.3, -0.25) is 9.59 Å². The van der Waals surface area contributed by atoms with Gasteiger partial charge in [0.15, 0.2) is 17.3 Å². The van der Waals surface area contributed by atoms with E-state index in [1.165, 1.54) is 0 Å². The molecule has 3 aliphatic heterocycles. The minimum absolute atomic E-state index is 0. The largest absolute Gasteiger partial charge is 1.00 e. The first-order chi connectivity index (χ1) is 12.8. The number of likely N-dealkylation sites (N-methyl/N-ethyl adjacent to an activating group) is 1. The van der Waals surface area contributed by atoms with Crippen LogP contribution in [-0.2, 0) is 20.7 Å². The molecule has 0 spiro atoms. The first kappa shape index (κ1) is 21.2. The van der Waals surface area contributed by atoms with Crippen molar-refractivity contribution in [3.63, 3.8) is 0 Å². The van der Waals surface area contributed by atoms with Crippen LogP contribution in [0.25, 0.3) is 0 Å². The van der Waals surface area contributed by atoms with E-state index in [4.69, 9.17) is 18.9 Å². The van der Waals surface area contributed by atoms with Gasteiger partial charge in [-0.2, -0.15) is 0 Å². The van der Waals surface area contributed by atoms with E-state index >= 15 is 0 Å². The number of carbonyl (C=O) groups is 2. The van der Waals surface area contributed by atoms with Crippen molar-refractivity contribution in [1.82, 2.24) is 0 Å². The summed E-state index contributed by atoms with van der Waals surface area (Å²) >= 11 is 0. The lowest BCUT2D eigenvalue weighted by molar-refractivity contribution is -0.922. The monoisotopic (exact) mass is 503 g/mol. The summed E-state index contributed by atoms with van der Waals surface area (Å²) in [7, 11) is 5.83. The van der Waals surface area contributed by atoms with Gasteiger partial charge in [0.05, 0.1) is 46.3 Å². The van der Waals surface area contributed by atoms with Gasteiger partial charge < -0.3 is 47.4 Å². The number of hydrogen-bond acceptors (Lipinski definition) is 6. The molecule has 1 fully saturated rings. The number of halogens is 1. The number of quaternary nitrogens is 1. The van der Waals surface area contributed by atoms with E-state index in [0.717, 1.165) is 24.1 Å². The molecule has 0 aromatic heterocycles.